The number of anilines is 1. The molecule has 12 heteroatoms. The van der Waals surface area contributed by atoms with Crippen LogP contribution < -0.4 is 14.9 Å². The van der Waals surface area contributed by atoms with Crippen LogP contribution in [0.5, 0.6) is 11.5 Å². The van der Waals surface area contributed by atoms with Crippen molar-refractivity contribution in [2.45, 2.75) is 12.8 Å². The monoisotopic (exact) mass is 557 g/mol. The van der Waals surface area contributed by atoms with Crippen molar-refractivity contribution in [3.63, 3.8) is 0 Å². The van der Waals surface area contributed by atoms with E-state index in [1.54, 1.807) is 24.3 Å². The average molecular weight is 559 g/mol. The Morgan fingerprint density at radius 3 is 2.47 bits per heavy atom. The molecule has 0 atom stereocenters. The molecule has 7 nitrogen and oxygen atoms in total. The molecule has 3 rings (SSSR count). The summed E-state index contributed by atoms with van der Waals surface area (Å²) in [5.41, 5.74) is 1.75. The lowest BCUT2D eigenvalue weighted by molar-refractivity contribution is -0.384. The average Bonchev–Trinajstić information content (AvgIpc) is 2.79. The summed E-state index contributed by atoms with van der Waals surface area (Å²) in [6.45, 7) is 0.270. The first-order valence-corrected chi connectivity index (χ1v) is 10.6. The zero-order chi connectivity index (χ0) is 24.9. The third-order valence-corrected chi connectivity index (χ3v) is 5.44. The highest BCUT2D eigenvalue weighted by Crippen LogP contribution is 2.36. The number of methoxy groups -OCH3 is 1. The molecule has 1 N–H and O–H groups in total. The van der Waals surface area contributed by atoms with E-state index in [0.717, 1.165) is 17.7 Å². The second-order valence-electron chi connectivity index (χ2n) is 6.80. The van der Waals surface area contributed by atoms with Gasteiger partial charge in [0, 0.05) is 21.1 Å². The Hall–Kier alpha value is -3.31. The SMILES string of the molecule is COc1cc(/C=N\Nc2ccc(C(F)(F)F)cc2[N+](=O)[O-])c(Br)cc1OCc1ccc(Cl)cc1. The molecule has 0 saturated heterocycles. The molecule has 34 heavy (non-hydrogen) atoms. The van der Waals surface area contributed by atoms with Gasteiger partial charge in [0.1, 0.15) is 12.3 Å². The summed E-state index contributed by atoms with van der Waals surface area (Å²) < 4.78 is 50.3. The highest BCUT2D eigenvalue weighted by Gasteiger charge is 2.33. The molecular weight excluding hydrogens is 543 g/mol. The zero-order valence-electron chi connectivity index (χ0n) is 17.4. The van der Waals surface area contributed by atoms with Crippen LogP contribution in [0.15, 0.2) is 64.2 Å². The van der Waals surface area contributed by atoms with Gasteiger partial charge >= 0.3 is 6.18 Å². The fraction of sp³-hybridized carbons (Fsp3) is 0.136. The van der Waals surface area contributed by atoms with Crippen LogP contribution in [0.3, 0.4) is 0 Å². The predicted octanol–water partition coefficient (Wildman–Crippen LogP) is 7.06. The molecular formula is C22H16BrClF3N3O4. The van der Waals surface area contributed by atoms with E-state index >= 15 is 0 Å². The number of hydrogen-bond acceptors (Lipinski definition) is 6. The third-order valence-electron chi connectivity index (χ3n) is 4.50. The van der Waals surface area contributed by atoms with Crippen LogP contribution in [0, 0.1) is 10.1 Å². The van der Waals surface area contributed by atoms with Crippen LogP contribution in [-0.2, 0) is 12.8 Å². The molecule has 0 heterocycles. The Labute approximate surface area is 205 Å². The minimum Gasteiger partial charge on any atom is -0.493 e. The number of nitrogens with one attached hydrogen (secondary N) is 1. The Morgan fingerprint density at radius 1 is 1.15 bits per heavy atom. The van der Waals surface area contributed by atoms with Gasteiger partial charge in [-0.15, -0.1) is 0 Å². The summed E-state index contributed by atoms with van der Waals surface area (Å²) in [7, 11) is 1.46. The van der Waals surface area contributed by atoms with Crippen LogP contribution >= 0.6 is 27.5 Å². The number of alkyl halides is 3. The van der Waals surface area contributed by atoms with Gasteiger partial charge in [-0.2, -0.15) is 18.3 Å². The highest BCUT2D eigenvalue weighted by molar-refractivity contribution is 9.10. The van der Waals surface area contributed by atoms with Crippen LogP contribution in [0.25, 0.3) is 0 Å². The van der Waals surface area contributed by atoms with Crippen molar-refractivity contribution in [3.05, 3.63) is 90.9 Å². The molecule has 0 aliphatic heterocycles. The largest absolute Gasteiger partial charge is 0.493 e. The molecule has 0 bridgehead atoms. The normalized spacial score (nSPS) is 11.5. The second-order valence-corrected chi connectivity index (χ2v) is 8.09. The smallest absolute Gasteiger partial charge is 0.416 e. The standard InChI is InChI=1S/C22H16BrClF3N3O4/c1-33-20-8-14(17(23)10-21(20)34-12-13-2-5-16(24)6-3-13)11-28-29-18-7-4-15(22(25,26)27)9-19(18)30(31)32/h2-11,29H,12H2,1H3/b28-11-. The van der Waals surface area contributed by atoms with Crippen molar-refractivity contribution in [1.82, 2.24) is 0 Å². The van der Waals surface area contributed by atoms with E-state index in [4.69, 9.17) is 21.1 Å². The Kier molecular flexibility index (Phi) is 8.00. The summed E-state index contributed by atoms with van der Waals surface area (Å²) in [5.74, 6) is 0.854. The molecule has 178 valence electrons. The summed E-state index contributed by atoms with van der Waals surface area (Å²) in [4.78, 5) is 10.3. The number of nitro groups is 1. The lowest BCUT2D eigenvalue weighted by Crippen LogP contribution is -2.06. The van der Waals surface area contributed by atoms with E-state index in [9.17, 15) is 23.3 Å². The molecule has 3 aromatic carbocycles. The van der Waals surface area contributed by atoms with Gasteiger partial charge in [0.15, 0.2) is 11.5 Å². The predicted molar refractivity (Wildman–Crippen MR) is 126 cm³/mol. The highest BCUT2D eigenvalue weighted by atomic mass is 79.9. The molecule has 0 fully saturated rings. The third kappa shape index (κ3) is 6.39. The van der Waals surface area contributed by atoms with E-state index < -0.39 is 22.4 Å². The van der Waals surface area contributed by atoms with Crippen LogP contribution in [-0.4, -0.2) is 18.2 Å². The zero-order valence-corrected chi connectivity index (χ0v) is 19.7. The number of ether oxygens (including phenoxy) is 2. The summed E-state index contributed by atoms with van der Waals surface area (Å²) >= 11 is 9.28. The van der Waals surface area contributed by atoms with Gasteiger partial charge < -0.3 is 9.47 Å². The minimum atomic E-state index is -4.70. The van der Waals surface area contributed by atoms with Gasteiger partial charge in [-0.1, -0.05) is 23.7 Å². The van der Waals surface area contributed by atoms with E-state index in [0.29, 0.717) is 32.6 Å². The molecule has 0 aromatic heterocycles. The fourth-order valence-corrected chi connectivity index (χ4v) is 3.34. The van der Waals surface area contributed by atoms with Crippen molar-refractivity contribution in [3.8, 4) is 11.5 Å². The van der Waals surface area contributed by atoms with Gasteiger partial charge in [0.25, 0.3) is 5.69 Å². The molecule has 0 saturated carbocycles. The quantitative estimate of drug-likeness (QED) is 0.182. The lowest BCUT2D eigenvalue weighted by Gasteiger charge is -2.13. The van der Waals surface area contributed by atoms with Crippen molar-refractivity contribution >= 4 is 45.1 Å². The summed E-state index contributed by atoms with van der Waals surface area (Å²) in [6, 6.07) is 12.6. The number of rotatable bonds is 8. The van der Waals surface area contributed by atoms with Crippen molar-refractivity contribution in [2.75, 3.05) is 12.5 Å². The Bertz CT molecular complexity index is 1220. The van der Waals surface area contributed by atoms with E-state index in [1.807, 2.05) is 12.1 Å². The number of hydrogen-bond donors (Lipinski definition) is 1. The van der Waals surface area contributed by atoms with E-state index in [1.165, 1.54) is 13.3 Å². The first-order valence-electron chi connectivity index (χ1n) is 9.48. The van der Waals surface area contributed by atoms with Crippen LogP contribution in [0.2, 0.25) is 5.02 Å². The first-order chi connectivity index (χ1) is 16.1. The number of benzene rings is 3. The Morgan fingerprint density at radius 2 is 1.85 bits per heavy atom. The van der Waals surface area contributed by atoms with Gasteiger partial charge in [0.05, 0.1) is 23.8 Å². The number of nitro benzene ring substituents is 1. The number of halogens is 5. The molecule has 0 unspecified atom stereocenters. The number of nitrogens with zero attached hydrogens (tertiary/aromatic N) is 2. The van der Waals surface area contributed by atoms with Crippen molar-refractivity contribution in [2.24, 2.45) is 5.10 Å². The van der Waals surface area contributed by atoms with E-state index in [-0.39, 0.29) is 12.3 Å². The Balaban J connectivity index is 1.77. The van der Waals surface area contributed by atoms with Crippen molar-refractivity contribution < 1.29 is 27.6 Å². The van der Waals surface area contributed by atoms with Crippen molar-refractivity contribution in [1.29, 1.82) is 0 Å². The summed E-state index contributed by atoms with van der Waals surface area (Å²) in [5, 5.41) is 15.7. The molecule has 0 amide bonds. The maximum atomic E-state index is 12.8. The minimum absolute atomic E-state index is 0.194. The molecule has 0 aliphatic carbocycles. The lowest BCUT2D eigenvalue weighted by atomic mass is 10.1. The first kappa shape index (κ1) is 25.3. The van der Waals surface area contributed by atoms with Gasteiger partial charge in [-0.25, -0.2) is 0 Å². The van der Waals surface area contributed by atoms with Gasteiger partial charge in [-0.3, -0.25) is 15.5 Å². The van der Waals surface area contributed by atoms with Crippen LogP contribution in [0.1, 0.15) is 16.7 Å². The van der Waals surface area contributed by atoms with E-state index in [2.05, 4.69) is 26.5 Å². The van der Waals surface area contributed by atoms with Gasteiger partial charge in [0.2, 0.25) is 0 Å². The molecule has 3 aromatic rings. The van der Waals surface area contributed by atoms with Gasteiger partial charge in [-0.05, 0) is 57.9 Å². The molecule has 0 radical (unpaired) electrons. The number of hydrazone groups is 1. The summed E-state index contributed by atoms with van der Waals surface area (Å²) in [6.07, 6.45) is -3.37. The molecule has 0 spiro atoms. The molecule has 0 aliphatic rings. The fourth-order valence-electron chi connectivity index (χ4n) is 2.79. The topological polar surface area (TPSA) is 86.0 Å². The maximum Gasteiger partial charge on any atom is 0.416 e. The van der Waals surface area contributed by atoms with Crippen LogP contribution in [0.4, 0.5) is 24.5 Å². The second kappa shape index (κ2) is 10.7. The maximum absolute atomic E-state index is 12.8.